The molecule has 1 aliphatic heterocycles. The van der Waals surface area contributed by atoms with Crippen molar-refractivity contribution in [1.82, 2.24) is 9.97 Å². The number of aliphatic imine (C=N–C) groups is 1. The van der Waals surface area contributed by atoms with E-state index >= 15 is 0 Å². The summed E-state index contributed by atoms with van der Waals surface area (Å²) in [7, 11) is 0. The minimum absolute atomic E-state index is 0.0390. The van der Waals surface area contributed by atoms with Crippen LogP contribution in [0.15, 0.2) is 59.9 Å². The molecule has 0 saturated carbocycles. The van der Waals surface area contributed by atoms with Gasteiger partial charge in [0.1, 0.15) is 0 Å². The number of aromatic nitrogens is 2. The molecule has 0 fully saturated rings. The standard InChI is InChI=1S/C21H16F3N5O/c1-12-8-17-18(10-15(12)21(22,23)24)29-19(30)11-16(28-17)13-4-2-5-14(9-13)27-20-25-6-3-7-26-20/h2-10H,11H2,1H3,(H,29,30)(H,25,26,27). The molecule has 3 aromatic rings. The second-order valence-electron chi connectivity index (χ2n) is 6.74. The lowest BCUT2D eigenvalue weighted by atomic mass is 10.1. The van der Waals surface area contributed by atoms with Gasteiger partial charge in [0.2, 0.25) is 11.9 Å². The van der Waals surface area contributed by atoms with Crippen LogP contribution >= 0.6 is 0 Å². The average molecular weight is 411 g/mol. The number of carbonyl (C=O) groups excluding carboxylic acids is 1. The highest BCUT2D eigenvalue weighted by atomic mass is 19.4. The Kier molecular flexibility index (Phi) is 4.94. The molecule has 152 valence electrons. The summed E-state index contributed by atoms with van der Waals surface area (Å²) < 4.78 is 39.7. The first-order chi connectivity index (χ1) is 14.3. The number of hydrogen-bond donors (Lipinski definition) is 2. The molecule has 0 aliphatic carbocycles. The van der Waals surface area contributed by atoms with E-state index in [1.807, 2.05) is 6.07 Å². The molecule has 0 spiro atoms. The number of aryl methyl sites for hydroxylation is 1. The van der Waals surface area contributed by atoms with Crippen LogP contribution in [-0.2, 0) is 11.0 Å². The Morgan fingerprint density at radius 1 is 1.07 bits per heavy atom. The van der Waals surface area contributed by atoms with Gasteiger partial charge in [0.15, 0.2) is 0 Å². The van der Waals surface area contributed by atoms with E-state index in [0.29, 0.717) is 22.9 Å². The normalized spacial score (nSPS) is 13.7. The Bertz CT molecular complexity index is 1140. The van der Waals surface area contributed by atoms with Gasteiger partial charge in [0.25, 0.3) is 0 Å². The lowest BCUT2D eigenvalue weighted by Gasteiger charge is -2.13. The first-order valence-corrected chi connectivity index (χ1v) is 9.03. The van der Waals surface area contributed by atoms with Crippen molar-refractivity contribution >= 4 is 34.6 Å². The number of nitrogens with zero attached hydrogens (tertiary/aromatic N) is 3. The molecule has 0 atom stereocenters. The summed E-state index contributed by atoms with van der Waals surface area (Å²) in [4.78, 5) is 25.0. The number of halogens is 3. The van der Waals surface area contributed by atoms with Gasteiger partial charge in [-0.2, -0.15) is 13.2 Å². The summed E-state index contributed by atoms with van der Waals surface area (Å²) in [6.07, 6.45) is -1.37. The van der Waals surface area contributed by atoms with Crippen LogP contribution in [0, 0.1) is 6.92 Å². The number of benzene rings is 2. The number of alkyl halides is 3. The summed E-state index contributed by atoms with van der Waals surface area (Å²) in [5, 5.41) is 5.59. The second-order valence-corrected chi connectivity index (χ2v) is 6.74. The molecular formula is C21H16F3N5O. The van der Waals surface area contributed by atoms with E-state index in [9.17, 15) is 18.0 Å². The highest BCUT2D eigenvalue weighted by Crippen LogP contribution is 2.39. The molecule has 1 amide bonds. The number of anilines is 3. The second kappa shape index (κ2) is 7.58. The first-order valence-electron chi connectivity index (χ1n) is 9.03. The molecule has 2 N–H and O–H groups in total. The molecule has 1 aliphatic rings. The number of amides is 1. The van der Waals surface area contributed by atoms with Gasteiger partial charge in [0, 0.05) is 18.1 Å². The third-order valence-electron chi connectivity index (χ3n) is 4.52. The molecule has 0 radical (unpaired) electrons. The summed E-state index contributed by atoms with van der Waals surface area (Å²) in [5.74, 6) is -0.0231. The number of carbonyl (C=O) groups is 1. The monoisotopic (exact) mass is 411 g/mol. The average Bonchev–Trinajstić information content (AvgIpc) is 2.85. The number of fused-ring (bicyclic) bond motifs is 1. The van der Waals surface area contributed by atoms with Crippen LogP contribution in [-0.4, -0.2) is 21.6 Å². The maximum atomic E-state index is 13.2. The topological polar surface area (TPSA) is 79.3 Å². The van der Waals surface area contributed by atoms with E-state index in [4.69, 9.17) is 0 Å². The van der Waals surface area contributed by atoms with Crippen molar-refractivity contribution in [2.75, 3.05) is 10.6 Å². The van der Waals surface area contributed by atoms with Gasteiger partial charge in [-0.1, -0.05) is 12.1 Å². The predicted octanol–water partition coefficient (Wildman–Crippen LogP) is 5.01. The highest BCUT2D eigenvalue weighted by Gasteiger charge is 2.34. The Morgan fingerprint density at radius 3 is 2.57 bits per heavy atom. The zero-order valence-corrected chi connectivity index (χ0v) is 15.8. The van der Waals surface area contributed by atoms with E-state index in [-0.39, 0.29) is 23.4 Å². The Labute approximate surface area is 169 Å². The molecule has 0 unspecified atom stereocenters. The molecule has 2 aromatic carbocycles. The smallest absolute Gasteiger partial charge is 0.324 e. The van der Waals surface area contributed by atoms with E-state index in [1.165, 1.54) is 13.0 Å². The Hall–Kier alpha value is -3.75. The van der Waals surface area contributed by atoms with Crippen LogP contribution < -0.4 is 10.6 Å². The van der Waals surface area contributed by atoms with Crippen LogP contribution in [0.1, 0.15) is 23.1 Å². The lowest BCUT2D eigenvalue weighted by molar-refractivity contribution is -0.138. The SMILES string of the molecule is Cc1cc2c(cc1C(F)(F)F)NC(=O)CC(c1cccc(Nc3ncccn3)c1)=N2. The Morgan fingerprint density at radius 2 is 1.83 bits per heavy atom. The molecule has 0 bridgehead atoms. The third kappa shape index (κ3) is 4.14. The van der Waals surface area contributed by atoms with Crippen LogP contribution in [0.4, 0.5) is 36.2 Å². The summed E-state index contributed by atoms with van der Waals surface area (Å²) in [6, 6.07) is 11.1. The molecule has 1 aromatic heterocycles. The highest BCUT2D eigenvalue weighted by molar-refractivity contribution is 6.17. The number of hydrogen-bond acceptors (Lipinski definition) is 5. The minimum atomic E-state index is -4.51. The minimum Gasteiger partial charge on any atom is -0.324 e. The lowest BCUT2D eigenvalue weighted by Crippen LogP contribution is -2.15. The summed E-state index contributed by atoms with van der Waals surface area (Å²) >= 11 is 0. The molecule has 9 heteroatoms. The fourth-order valence-corrected chi connectivity index (χ4v) is 3.16. The van der Waals surface area contributed by atoms with Crippen molar-refractivity contribution in [3.63, 3.8) is 0 Å². The summed E-state index contributed by atoms with van der Waals surface area (Å²) in [6.45, 7) is 1.37. The van der Waals surface area contributed by atoms with Crippen LogP contribution in [0.25, 0.3) is 0 Å². The fourth-order valence-electron chi connectivity index (χ4n) is 3.16. The summed E-state index contributed by atoms with van der Waals surface area (Å²) in [5.41, 5.74) is 1.37. The zero-order chi connectivity index (χ0) is 21.3. The van der Waals surface area contributed by atoms with Gasteiger partial charge in [-0.25, -0.2) is 9.97 Å². The maximum absolute atomic E-state index is 13.2. The number of nitrogens with one attached hydrogen (secondary N) is 2. The van der Waals surface area contributed by atoms with Crippen molar-refractivity contribution < 1.29 is 18.0 Å². The maximum Gasteiger partial charge on any atom is 0.416 e. The van der Waals surface area contributed by atoms with Crippen molar-refractivity contribution in [2.24, 2.45) is 4.99 Å². The molecule has 6 nitrogen and oxygen atoms in total. The molecule has 0 saturated heterocycles. The van der Waals surface area contributed by atoms with E-state index in [0.717, 1.165) is 6.07 Å². The Balaban J connectivity index is 1.72. The van der Waals surface area contributed by atoms with Crippen molar-refractivity contribution in [3.05, 3.63) is 71.5 Å². The number of rotatable bonds is 3. The van der Waals surface area contributed by atoms with E-state index < -0.39 is 17.6 Å². The van der Waals surface area contributed by atoms with Gasteiger partial charge in [-0.15, -0.1) is 0 Å². The van der Waals surface area contributed by atoms with Crippen molar-refractivity contribution in [1.29, 1.82) is 0 Å². The quantitative estimate of drug-likeness (QED) is 0.635. The molecule has 2 heterocycles. The fraction of sp³-hybridized carbons (Fsp3) is 0.143. The molecular weight excluding hydrogens is 395 g/mol. The predicted molar refractivity (Wildman–Crippen MR) is 107 cm³/mol. The van der Waals surface area contributed by atoms with Crippen molar-refractivity contribution in [2.45, 2.75) is 19.5 Å². The van der Waals surface area contributed by atoms with Gasteiger partial charge >= 0.3 is 6.18 Å². The largest absolute Gasteiger partial charge is 0.416 e. The van der Waals surface area contributed by atoms with E-state index in [1.54, 1.807) is 36.7 Å². The van der Waals surface area contributed by atoms with Crippen molar-refractivity contribution in [3.8, 4) is 0 Å². The van der Waals surface area contributed by atoms with Gasteiger partial charge in [-0.3, -0.25) is 9.79 Å². The zero-order valence-electron chi connectivity index (χ0n) is 15.8. The van der Waals surface area contributed by atoms with E-state index in [2.05, 4.69) is 25.6 Å². The third-order valence-corrected chi connectivity index (χ3v) is 4.52. The van der Waals surface area contributed by atoms with Crippen LogP contribution in [0.3, 0.4) is 0 Å². The van der Waals surface area contributed by atoms with Gasteiger partial charge < -0.3 is 10.6 Å². The van der Waals surface area contributed by atoms with Gasteiger partial charge in [-0.05, 0) is 48.4 Å². The van der Waals surface area contributed by atoms with Gasteiger partial charge in [0.05, 0.1) is 29.1 Å². The first kappa shape index (κ1) is 19.6. The van der Waals surface area contributed by atoms with Crippen LogP contribution in [0.5, 0.6) is 0 Å². The van der Waals surface area contributed by atoms with Crippen LogP contribution in [0.2, 0.25) is 0 Å². The molecule has 30 heavy (non-hydrogen) atoms. The molecule has 4 rings (SSSR count).